The Morgan fingerprint density at radius 2 is 1.91 bits per heavy atom. The lowest BCUT2D eigenvalue weighted by Gasteiger charge is -2.30. The highest BCUT2D eigenvalue weighted by Gasteiger charge is 2.26. The summed E-state index contributed by atoms with van der Waals surface area (Å²) in [5.41, 5.74) is 2.77. The number of carbonyl (C=O) groups excluding carboxylic acids is 2. The maximum Gasteiger partial charge on any atom is 0.241 e. The molecule has 3 aromatic rings. The average molecular weight is 494 g/mol. The molecule has 2 aliphatic rings. The van der Waals surface area contributed by atoms with Crippen molar-refractivity contribution in [1.29, 1.82) is 0 Å². The molecule has 35 heavy (non-hydrogen) atoms. The molecule has 1 aromatic heterocycles. The average Bonchev–Trinajstić information content (AvgIpc) is 3.53. The number of carbonyl (C=O) groups is 2. The zero-order valence-corrected chi connectivity index (χ0v) is 20.2. The summed E-state index contributed by atoms with van der Waals surface area (Å²) in [5.74, 6) is 1.34. The quantitative estimate of drug-likeness (QED) is 0.534. The summed E-state index contributed by atoms with van der Waals surface area (Å²) in [5, 5.41) is 7.81. The van der Waals surface area contributed by atoms with Crippen LogP contribution in [0.3, 0.4) is 0 Å². The molecule has 0 aliphatic carbocycles. The number of nitrogens with zero attached hydrogens (tertiary/aromatic N) is 4. The molecule has 0 saturated carbocycles. The molecule has 182 valence electrons. The van der Waals surface area contributed by atoms with Gasteiger partial charge in [-0.15, -0.1) is 0 Å². The van der Waals surface area contributed by atoms with Gasteiger partial charge in [0.2, 0.25) is 23.5 Å². The highest BCUT2D eigenvalue weighted by molar-refractivity contribution is 6.30. The third-order valence-corrected chi connectivity index (χ3v) is 6.90. The molecule has 0 bridgehead atoms. The van der Waals surface area contributed by atoms with Crippen LogP contribution in [0.2, 0.25) is 5.02 Å². The van der Waals surface area contributed by atoms with Gasteiger partial charge in [0, 0.05) is 41.7 Å². The van der Waals surface area contributed by atoms with Gasteiger partial charge in [-0.05, 0) is 74.3 Å². The zero-order chi connectivity index (χ0) is 24.2. The van der Waals surface area contributed by atoms with Crippen LogP contribution < -0.4 is 10.2 Å². The van der Waals surface area contributed by atoms with Crippen LogP contribution in [0.15, 0.2) is 53.1 Å². The third kappa shape index (κ3) is 5.71. The second-order valence-electron chi connectivity index (χ2n) is 9.11. The number of benzene rings is 2. The molecule has 0 atom stereocenters. The smallest absolute Gasteiger partial charge is 0.241 e. The van der Waals surface area contributed by atoms with Crippen LogP contribution in [0.4, 0.5) is 5.69 Å². The molecule has 0 spiro atoms. The molecule has 5 rings (SSSR count). The Morgan fingerprint density at radius 3 is 2.66 bits per heavy atom. The van der Waals surface area contributed by atoms with E-state index in [2.05, 4.69) is 20.4 Å². The summed E-state index contributed by atoms with van der Waals surface area (Å²) in [6.45, 7) is 3.38. The number of amides is 2. The number of piperidine rings is 1. The van der Waals surface area contributed by atoms with Crippen LogP contribution in [0.25, 0.3) is 11.4 Å². The van der Waals surface area contributed by atoms with Crippen LogP contribution in [0.5, 0.6) is 0 Å². The minimum Gasteiger partial charge on any atom is -0.352 e. The second-order valence-corrected chi connectivity index (χ2v) is 9.54. The Labute approximate surface area is 209 Å². The highest BCUT2D eigenvalue weighted by atomic mass is 35.5. The fourth-order valence-electron chi connectivity index (χ4n) is 4.67. The van der Waals surface area contributed by atoms with E-state index in [1.54, 1.807) is 12.1 Å². The Hall–Kier alpha value is -3.23. The van der Waals surface area contributed by atoms with Crippen molar-refractivity contribution in [3.05, 3.63) is 65.0 Å². The summed E-state index contributed by atoms with van der Waals surface area (Å²) in [6.07, 6.45) is 3.07. The van der Waals surface area contributed by atoms with Crippen molar-refractivity contribution in [3.8, 4) is 11.4 Å². The number of nitrogens with one attached hydrogen (secondary N) is 1. The van der Waals surface area contributed by atoms with Gasteiger partial charge in [0.15, 0.2) is 0 Å². The van der Waals surface area contributed by atoms with Crippen molar-refractivity contribution in [3.63, 3.8) is 0 Å². The molecule has 2 amide bonds. The van der Waals surface area contributed by atoms with E-state index in [0.717, 1.165) is 55.7 Å². The van der Waals surface area contributed by atoms with Crippen molar-refractivity contribution in [1.82, 2.24) is 20.4 Å². The van der Waals surface area contributed by atoms with Crippen LogP contribution in [-0.4, -0.2) is 46.5 Å². The van der Waals surface area contributed by atoms with Crippen LogP contribution >= 0.6 is 11.6 Å². The van der Waals surface area contributed by atoms with Crippen molar-refractivity contribution in [2.45, 2.75) is 38.8 Å². The maximum absolute atomic E-state index is 12.8. The number of likely N-dealkylation sites (tertiary alicyclic amines) is 1. The van der Waals surface area contributed by atoms with Gasteiger partial charge < -0.3 is 14.7 Å². The minimum atomic E-state index is -0.0121. The standard InChI is InChI=1S/C26H28ClN5O3/c27-21-8-6-19(7-9-21)25-29-23(35-30-25)17-31-13-10-20(11-14-31)26(34)28-16-18-3-1-4-22(15-18)32-12-2-5-24(32)33/h1,3-4,6-9,15,20H,2,5,10-14,16-17H2,(H,28,34). The van der Waals surface area contributed by atoms with Gasteiger partial charge in [0.05, 0.1) is 6.54 Å². The predicted octanol–water partition coefficient (Wildman–Crippen LogP) is 4.05. The van der Waals surface area contributed by atoms with E-state index in [-0.39, 0.29) is 17.7 Å². The lowest BCUT2D eigenvalue weighted by Crippen LogP contribution is -2.40. The first-order valence-corrected chi connectivity index (χ1v) is 12.4. The van der Waals surface area contributed by atoms with Gasteiger partial charge >= 0.3 is 0 Å². The number of anilines is 1. The molecule has 9 heteroatoms. The van der Waals surface area contributed by atoms with E-state index >= 15 is 0 Å². The molecule has 2 saturated heterocycles. The largest absolute Gasteiger partial charge is 0.352 e. The van der Waals surface area contributed by atoms with Gasteiger partial charge in [-0.25, -0.2) is 0 Å². The summed E-state index contributed by atoms with van der Waals surface area (Å²) < 4.78 is 5.43. The summed E-state index contributed by atoms with van der Waals surface area (Å²) in [6, 6.07) is 15.2. The van der Waals surface area contributed by atoms with Crippen LogP contribution in [-0.2, 0) is 22.7 Å². The number of aromatic nitrogens is 2. The molecule has 0 unspecified atom stereocenters. The molecular formula is C26H28ClN5O3. The van der Waals surface area contributed by atoms with E-state index in [1.807, 2.05) is 41.3 Å². The minimum absolute atomic E-state index is 0.0121. The van der Waals surface area contributed by atoms with Gasteiger partial charge in [-0.1, -0.05) is 28.9 Å². The monoisotopic (exact) mass is 493 g/mol. The maximum atomic E-state index is 12.8. The molecule has 2 fully saturated rings. The lowest BCUT2D eigenvalue weighted by molar-refractivity contribution is -0.126. The normalized spacial score (nSPS) is 17.2. The summed E-state index contributed by atoms with van der Waals surface area (Å²) in [4.78, 5) is 33.3. The molecule has 2 aromatic carbocycles. The van der Waals surface area contributed by atoms with Crippen molar-refractivity contribution in [2.75, 3.05) is 24.5 Å². The van der Waals surface area contributed by atoms with Gasteiger partial charge in [-0.3, -0.25) is 14.5 Å². The van der Waals surface area contributed by atoms with Crippen molar-refractivity contribution < 1.29 is 14.1 Å². The van der Waals surface area contributed by atoms with Crippen LogP contribution in [0.1, 0.15) is 37.1 Å². The Bertz CT molecular complexity index is 1190. The SMILES string of the molecule is O=C(NCc1cccc(N2CCCC2=O)c1)C1CCN(Cc2nc(-c3ccc(Cl)cc3)no2)CC1. The second kappa shape index (κ2) is 10.6. The molecule has 0 radical (unpaired) electrons. The van der Waals surface area contributed by atoms with E-state index in [9.17, 15) is 9.59 Å². The number of halogens is 1. The van der Waals surface area contributed by atoms with Gasteiger partial charge in [0.25, 0.3) is 0 Å². The Morgan fingerprint density at radius 1 is 1.11 bits per heavy atom. The lowest BCUT2D eigenvalue weighted by atomic mass is 9.96. The highest BCUT2D eigenvalue weighted by Crippen LogP contribution is 2.24. The number of hydrogen-bond donors (Lipinski definition) is 1. The molecular weight excluding hydrogens is 466 g/mol. The molecule has 3 heterocycles. The number of hydrogen-bond acceptors (Lipinski definition) is 6. The third-order valence-electron chi connectivity index (χ3n) is 6.65. The number of rotatable bonds is 7. The summed E-state index contributed by atoms with van der Waals surface area (Å²) >= 11 is 5.94. The van der Waals surface area contributed by atoms with E-state index in [1.165, 1.54) is 0 Å². The molecule has 1 N–H and O–H groups in total. The van der Waals surface area contributed by atoms with E-state index < -0.39 is 0 Å². The van der Waals surface area contributed by atoms with Crippen molar-refractivity contribution in [2.24, 2.45) is 5.92 Å². The van der Waals surface area contributed by atoms with Crippen LogP contribution in [0, 0.1) is 5.92 Å². The summed E-state index contributed by atoms with van der Waals surface area (Å²) in [7, 11) is 0. The Balaban J connectivity index is 1.08. The zero-order valence-electron chi connectivity index (χ0n) is 19.5. The first-order chi connectivity index (χ1) is 17.0. The van der Waals surface area contributed by atoms with E-state index in [0.29, 0.717) is 36.2 Å². The van der Waals surface area contributed by atoms with Crippen molar-refractivity contribution >= 4 is 29.1 Å². The fraction of sp³-hybridized carbons (Fsp3) is 0.385. The fourth-order valence-corrected chi connectivity index (χ4v) is 4.79. The topological polar surface area (TPSA) is 91.6 Å². The van der Waals surface area contributed by atoms with E-state index in [4.69, 9.17) is 16.1 Å². The van der Waals surface area contributed by atoms with Gasteiger partial charge in [0.1, 0.15) is 0 Å². The molecule has 8 nitrogen and oxygen atoms in total. The predicted molar refractivity (Wildman–Crippen MR) is 133 cm³/mol. The Kier molecular flexibility index (Phi) is 7.11. The molecule has 2 aliphatic heterocycles. The first kappa shape index (κ1) is 23.5. The first-order valence-electron chi connectivity index (χ1n) is 12.0. The van der Waals surface area contributed by atoms with Gasteiger partial charge in [-0.2, -0.15) is 4.98 Å².